The summed E-state index contributed by atoms with van der Waals surface area (Å²) in [5.74, 6) is 0.350. The fourth-order valence-electron chi connectivity index (χ4n) is 3.98. The van der Waals surface area contributed by atoms with Gasteiger partial charge in [0.1, 0.15) is 0 Å². The quantitative estimate of drug-likeness (QED) is 0.729. The number of carbonyl (C=O) groups is 1. The van der Waals surface area contributed by atoms with Crippen LogP contribution in [0.5, 0.6) is 0 Å². The van der Waals surface area contributed by atoms with Gasteiger partial charge in [0.05, 0.1) is 6.10 Å². The average Bonchev–Trinajstić information content (AvgIpc) is 2.61. The molecule has 4 nitrogen and oxygen atoms in total. The fraction of sp³-hybridized carbons (Fsp3) is 0.929. The third-order valence-electron chi connectivity index (χ3n) is 5.17. The Bertz CT molecular complexity index is 325. The molecular formula is C14H24N2O2. The third-order valence-corrected chi connectivity index (χ3v) is 5.17. The molecule has 3 saturated heterocycles. The maximum absolute atomic E-state index is 12.9. The first-order valence-electron chi connectivity index (χ1n) is 7.32. The number of hydrogen-bond acceptors (Lipinski definition) is 3. The van der Waals surface area contributed by atoms with E-state index >= 15 is 0 Å². The van der Waals surface area contributed by atoms with E-state index in [1.807, 2.05) is 0 Å². The summed E-state index contributed by atoms with van der Waals surface area (Å²) in [6.07, 6.45) is 5.46. The minimum Gasteiger partial charge on any atom is -0.393 e. The normalized spacial score (nSPS) is 38.8. The zero-order chi connectivity index (χ0) is 12.8. The van der Waals surface area contributed by atoms with Crippen molar-refractivity contribution in [2.24, 2.45) is 5.41 Å². The smallest absolute Gasteiger partial charge is 0.229 e. The molecule has 0 aromatic rings. The molecular weight excluding hydrogens is 228 g/mol. The summed E-state index contributed by atoms with van der Waals surface area (Å²) < 4.78 is 0. The molecule has 2 unspecified atom stereocenters. The van der Waals surface area contributed by atoms with Crippen LogP contribution in [0.4, 0.5) is 0 Å². The highest BCUT2D eigenvalue weighted by Gasteiger charge is 2.48. The minimum atomic E-state index is -0.188. The molecule has 3 aliphatic rings. The van der Waals surface area contributed by atoms with Crippen LogP contribution in [0.1, 0.15) is 45.4 Å². The Kier molecular flexibility index (Phi) is 3.10. The highest BCUT2D eigenvalue weighted by Crippen LogP contribution is 2.40. The second-order valence-electron chi connectivity index (χ2n) is 6.53. The molecule has 0 spiro atoms. The molecule has 2 atom stereocenters. The maximum atomic E-state index is 12.9. The molecule has 0 saturated carbocycles. The van der Waals surface area contributed by atoms with Crippen LogP contribution in [0.25, 0.3) is 0 Å². The largest absolute Gasteiger partial charge is 0.393 e. The van der Waals surface area contributed by atoms with Crippen LogP contribution < -0.4 is 5.32 Å². The zero-order valence-corrected chi connectivity index (χ0v) is 11.2. The topological polar surface area (TPSA) is 52.6 Å². The monoisotopic (exact) mass is 252 g/mol. The van der Waals surface area contributed by atoms with Crippen LogP contribution in [0.2, 0.25) is 0 Å². The van der Waals surface area contributed by atoms with Gasteiger partial charge in [-0.2, -0.15) is 0 Å². The van der Waals surface area contributed by atoms with Crippen molar-refractivity contribution in [2.75, 3.05) is 13.1 Å². The standard InChI is InChI=1S/C14H24N2O2/c1-14(4-6-15-7-5-14)13(18)16-10-2-3-11(16)9-12(17)8-10/h10-12,15,17H,2-9H2,1H3. The Morgan fingerprint density at radius 2 is 1.78 bits per heavy atom. The lowest BCUT2D eigenvalue weighted by Gasteiger charge is -2.43. The predicted octanol–water partition coefficient (Wildman–Crippen LogP) is 0.890. The lowest BCUT2D eigenvalue weighted by molar-refractivity contribution is -0.149. The molecule has 0 aromatic heterocycles. The maximum Gasteiger partial charge on any atom is 0.229 e. The molecule has 3 fully saturated rings. The fourth-order valence-corrected chi connectivity index (χ4v) is 3.98. The third kappa shape index (κ3) is 1.95. The van der Waals surface area contributed by atoms with Crippen molar-refractivity contribution in [2.45, 2.75) is 63.6 Å². The van der Waals surface area contributed by atoms with Crippen LogP contribution in [0.15, 0.2) is 0 Å². The van der Waals surface area contributed by atoms with Gasteiger partial charge in [-0.1, -0.05) is 6.92 Å². The van der Waals surface area contributed by atoms with E-state index in [1.54, 1.807) is 0 Å². The summed E-state index contributed by atoms with van der Waals surface area (Å²) in [5, 5.41) is 13.1. The molecule has 3 rings (SSSR count). The van der Waals surface area contributed by atoms with Crippen LogP contribution in [-0.4, -0.2) is 47.2 Å². The van der Waals surface area contributed by atoms with E-state index in [2.05, 4.69) is 17.1 Å². The highest BCUT2D eigenvalue weighted by molar-refractivity contribution is 5.83. The Hall–Kier alpha value is -0.610. The van der Waals surface area contributed by atoms with E-state index in [9.17, 15) is 9.90 Å². The van der Waals surface area contributed by atoms with Gasteiger partial charge < -0.3 is 15.3 Å². The van der Waals surface area contributed by atoms with Gasteiger partial charge in [-0.05, 0) is 51.6 Å². The van der Waals surface area contributed by atoms with Crippen molar-refractivity contribution in [1.29, 1.82) is 0 Å². The number of fused-ring (bicyclic) bond motifs is 2. The summed E-state index contributed by atoms with van der Waals surface area (Å²) in [6.45, 7) is 4.03. The van der Waals surface area contributed by atoms with Crippen molar-refractivity contribution in [3.63, 3.8) is 0 Å². The Labute approximate surface area is 109 Å². The van der Waals surface area contributed by atoms with Gasteiger partial charge >= 0.3 is 0 Å². The molecule has 0 radical (unpaired) electrons. The van der Waals surface area contributed by atoms with E-state index in [4.69, 9.17) is 0 Å². The van der Waals surface area contributed by atoms with Gasteiger partial charge in [0.25, 0.3) is 0 Å². The number of carbonyl (C=O) groups excluding carboxylic acids is 1. The highest BCUT2D eigenvalue weighted by atomic mass is 16.3. The molecule has 3 aliphatic heterocycles. The van der Waals surface area contributed by atoms with Gasteiger partial charge in [-0.15, -0.1) is 0 Å². The van der Waals surface area contributed by atoms with Crippen LogP contribution in [0.3, 0.4) is 0 Å². The number of hydrogen-bond donors (Lipinski definition) is 2. The van der Waals surface area contributed by atoms with Crippen LogP contribution >= 0.6 is 0 Å². The summed E-state index contributed by atoms with van der Waals surface area (Å²) in [5.41, 5.74) is -0.172. The number of piperidine rings is 2. The molecule has 2 N–H and O–H groups in total. The first-order chi connectivity index (χ1) is 8.60. The van der Waals surface area contributed by atoms with E-state index in [0.29, 0.717) is 18.0 Å². The number of aliphatic hydroxyl groups is 1. The van der Waals surface area contributed by atoms with E-state index in [0.717, 1.165) is 51.6 Å². The average molecular weight is 252 g/mol. The molecule has 102 valence electrons. The molecule has 0 aromatic carbocycles. The van der Waals surface area contributed by atoms with Crippen molar-refractivity contribution in [3.8, 4) is 0 Å². The SMILES string of the molecule is CC1(C(=O)N2C3CCC2CC(O)C3)CCNCC1. The minimum absolute atomic E-state index is 0.172. The summed E-state index contributed by atoms with van der Waals surface area (Å²) in [6, 6.07) is 0.607. The summed E-state index contributed by atoms with van der Waals surface area (Å²) >= 11 is 0. The van der Waals surface area contributed by atoms with Crippen LogP contribution in [0, 0.1) is 5.41 Å². The van der Waals surface area contributed by atoms with Crippen molar-refractivity contribution < 1.29 is 9.90 Å². The summed E-state index contributed by atoms with van der Waals surface area (Å²) in [7, 11) is 0. The number of nitrogens with zero attached hydrogens (tertiary/aromatic N) is 1. The number of rotatable bonds is 1. The zero-order valence-electron chi connectivity index (χ0n) is 11.2. The second kappa shape index (κ2) is 4.49. The first-order valence-corrected chi connectivity index (χ1v) is 7.32. The molecule has 2 bridgehead atoms. The number of aliphatic hydroxyl groups excluding tert-OH is 1. The van der Waals surface area contributed by atoms with Gasteiger partial charge in [0, 0.05) is 17.5 Å². The van der Waals surface area contributed by atoms with Gasteiger partial charge in [0.15, 0.2) is 0 Å². The van der Waals surface area contributed by atoms with Gasteiger partial charge in [-0.3, -0.25) is 4.79 Å². The van der Waals surface area contributed by atoms with Crippen LogP contribution in [-0.2, 0) is 4.79 Å². The van der Waals surface area contributed by atoms with Crippen molar-refractivity contribution in [1.82, 2.24) is 10.2 Å². The van der Waals surface area contributed by atoms with Crippen molar-refractivity contribution >= 4 is 5.91 Å². The summed E-state index contributed by atoms with van der Waals surface area (Å²) in [4.78, 5) is 15.0. The Balaban J connectivity index is 1.76. The lowest BCUT2D eigenvalue weighted by Crippen LogP contribution is -2.55. The number of amides is 1. The van der Waals surface area contributed by atoms with Gasteiger partial charge in [0.2, 0.25) is 5.91 Å². The lowest BCUT2D eigenvalue weighted by atomic mass is 9.78. The van der Waals surface area contributed by atoms with E-state index < -0.39 is 0 Å². The molecule has 18 heavy (non-hydrogen) atoms. The van der Waals surface area contributed by atoms with Crippen molar-refractivity contribution in [3.05, 3.63) is 0 Å². The van der Waals surface area contributed by atoms with Gasteiger partial charge in [-0.25, -0.2) is 0 Å². The molecule has 0 aliphatic carbocycles. The van der Waals surface area contributed by atoms with E-state index in [1.165, 1.54) is 0 Å². The first kappa shape index (κ1) is 12.4. The molecule has 3 heterocycles. The van der Waals surface area contributed by atoms with E-state index in [-0.39, 0.29) is 11.5 Å². The predicted molar refractivity (Wildman–Crippen MR) is 69.1 cm³/mol. The second-order valence-corrected chi connectivity index (χ2v) is 6.53. The molecule has 4 heteroatoms. The Morgan fingerprint density at radius 3 is 2.33 bits per heavy atom. The Morgan fingerprint density at radius 1 is 1.22 bits per heavy atom. The molecule has 1 amide bonds. The number of nitrogens with one attached hydrogen (secondary N) is 1.